The van der Waals surface area contributed by atoms with Gasteiger partial charge in [-0.1, -0.05) is 12.1 Å². The Morgan fingerprint density at radius 1 is 1.33 bits per heavy atom. The molecule has 0 bridgehead atoms. The van der Waals surface area contributed by atoms with Gasteiger partial charge in [0.15, 0.2) is 5.96 Å². The van der Waals surface area contributed by atoms with Crippen LogP contribution in [0.1, 0.15) is 37.3 Å². The summed E-state index contributed by atoms with van der Waals surface area (Å²) < 4.78 is 0. The van der Waals surface area contributed by atoms with Gasteiger partial charge in [0.25, 0.3) is 0 Å². The van der Waals surface area contributed by atoms with Crippen molar-refractivity contribution in [3.63, 3.8) is 0 Å². The number of aromatic amines is 1. The topological polar surface area (TPSA) is 72.4 Å². The van der Waals surface area contributed by atoms with E-state index in [9.17, 15) is 5.11 Å². The van der Waals surface area contributed by atoms with Crippen LogP contribution in [0.15, 0.2) is 29.4 Å². The summed E-state index contributed by atoms with van der Waals surface area (Å²) in [6.45, 7) is 6.27. The maximum Gasteiger partial charge on any atom is 0.191 e. The zero-order valence-electron chi connectivity index (χ0n) is 14.7. The fourth-order valence-corrected chi connectivity index (χ4v) is 3.13. The van der Waals surface area contributed by atoms with Crippen molar-refractivity contribution in [2.45, 2.75) is 45.1 Å². The van der Waals surface area contributed by atoms with Crippen LogP contribution >= 0.6 is 0 Å². The van der Waals surface area contributed by atoms with Gasteiger partial charge < -0.3 is 20.7 Å². The summed E-state index contributed by atoms with van der Waals surface area (Å²) in [7, 11) is 0. The molecule has 0 atom stereocenters. The minimum absolute atomic E-state index is 0.481. The Balaban J connectivity index is 1.57. The Hall–Kier alpha value is -2.01. The number of aryl methyl sites for hydroxylation is 1. The SMILES string of the molecule is CCNC(=NCC1(O)CCC1)NCCc1c[nH]c2cc(C)ccc12. The molecule has 2 aromatic rings. The third-order valence-electron chi connectivity index (χ3n) is 4.77. The van der Waals surface area contributed by atoms with E-state index in [0.717, 1.165) is 44.7 Å². The van der Waals surface area contributed by atoms with Gasteiger partial charge in [0, 0.05) is 30.2 Å². The lowest BCUT2D eigenvalue weighted by molar-refractivity contribution is -0.0236. The monoisotopic (exact) mass is 328 g/mol. The lowest BCUT2D eigenvalue weighted by Gasteiger charge is -2.35. The van der Waals surface area contributed by atoms with Gasteiger partial charge in [-0.05, 0) is 56.7 Å². The highest BCUT2D eigenvalue weighted by atomic mass is 16.3. The first-order valence-electron chi connectivity index (χ1n) is 8.91. The highest BCUT2D eigenvalue weighted by Gasteiger charge is 2.34. The van der Waals surface area contributed by atoms with Crippen LogP contribution in [-0.4, -0.2) is 41.3 Å². The van der Waals surface area contributed by atoms with Crippen molar-refractivity contribution in [2.24, 2.45) is 4.99 Å². The van der Waals surface area contributed by atoms with E-state index in [1.165, 1.54) is 22.0 Å². The Bertz CT molecular complexity index is 715. The molecule has 0 amide bonds. The molecule has 5 heteroatoms. The van der Waals surface area contributed by atoms with Crippen molar-refractivity contribution < 1.29 is 5.11 Å². The molecule has 1 aliphatic rings. The average Bonchev–Trinajstić information content (AvgIpc) is 2.93. The van der Waals surface area contributed by atoms with Crippen molar-refractivity contribution in [2.75, 3.05) is 19.6 Å². The largest absolute Gasteiger partial charge is 0.388 e. The van der Waals surface area contributed by atoms with Crippen LogP contribution in [-0.2, 0) is 6.42 Å². The maximum absolute atomic E-state index is 10.2. The van der Waals surface area contributed by atoms with E-state index in [1.807, 2.05) is 0 Å². The van der Waals surface area contributed by atoms with Crippen molar-refractivity contribution in [3.05, 3.63) is 35.5 Å². The van der Waals surface area contributed by atoms with E-state index in [2.05, 4.69) is 58.9 Å². The van der Waals surface area contributed by atoms with Crippen molar-refractivity contribution >= 4 is 16.9 Å². The number of nitrogens with zero attached hydrogens (tertiary/aromatic N) is 1. The molecule has 24 heavy (non-hydrogen) atoms. The normalized spacial score (nSPS) is 16.9. The first-order chi connectivity index (χ1) is 11.6. The van der Waals surface area contributed by atoms with Gasteiger partial charge in [-0.15, -0.1) is 0 Å². The second kappa shape index (κ2) is 7.26. The molecule has 1 aliphatic carbocycles. The van der Waals surface area contributed by atoms with Gasteiger partial charge in [0.2, 0.25) is 0 Å². The summed E-state index contributed by atoms with van der Waals surface area (Å²) in [5, 5.41) is 18.1. The van der Waals surface area contributed by atoms with Crippen LogP contribution in [0.3, 0.4) is 0 Å². The van der Waals surface area contributed by atoms with Crippen LogP contribution in [0, 0.1) is 6.92 Å². The Labute approximate surface area is 143 Å². The number of fused-ring (bicyclic) bond motifs is 1. The molecule has 1 fully saturated rings. The Kier molecular flexibility index (Phi) is 5.09. The second-order valence-electron chi connectivity index (χ2n) is 6.81. The Morgan fingerprint density at radius 2 is 2.17 bits per heavy atom. The summed E-state index contributed by atoms with van der Waals surface area (Å²) in [6.07, 6.45) is 5.86. The number of hydrogen-bond acceptors (Lipinski definition) is 2. The number of guanidine groups is 1. The summed E-state index contributed by atoms with van der Waals surface area (Å²) in [5.41, 5.74) is 3.20. The lowest BCUT2D eigenvalue weighted by Crippen LogP contribution is -2.43. The van der Waals surface area contributed by atoms with Crippen LogP contribution in [0.5, 0.6) is 0 Å². The third-order valence-corrected chi connectivity index (χ3v) is 4.77. The average molecular weight is 328 g/mol. The number of hydrogen-bond donors (Lipinski definition) is 4. The molecule has 1 heterocycles. The van der Waals surface area contributed by atoms with Gasteiger partial charge in [-0.3, -0.25) is 4.99 Å². The molecule has 5 nitrogen and oxygen atoms in total. The van der Waals surface area contributed by atoms with Crippen molar-refractivity contribution in [1.82, 2.24) is 15.6 Å². The van der Waals surface area contributed by atoms with E-state index in [1.54, 1.807) is 0 Å². The van der Waals surface area contributed by atoms with Gasteiger partial charge in [-0.25, -0.2) is 0 Å². The smallest absolute Gasteiger partial charge is 0.191 e. The fourth-order valence-electron chi connectivity index (χ4n) is 3.13. The maximum atomic E-state index is 10.2. The molecular weight excluding hydrogens is 300 g/mol. The quantitative estimate of drug-likeness (QED) is 0.486. The Morgan fingerprint density at radius 3 is 2.88 bits per heavy atom. The van der Waals surface area contributed by atoms with Crippen LogP contribution < -0.4 is 10.6 Å². The standard InChI is InChI=1S/C19H28N4O/c1-3-20-18(23-13-19(24)8-4-9-19)21-10-7-15-12-22-17-11-14(2)5-6-16(15)17/h5-6,11-12,22,24H,3-4,7-10,13H2,1-2H3,(H2,20,21,23). The number of rotatable bonds is 6. The van der Waals surface area contributed by atoms with Gasteiger partial charge in [0.1, 0.15) is 0 Å². The summed E-state index contributed by atoms with van der Waals surface area (Å²) in [5.74, 6) is 0.786. The second-order valence-corrected chi connectivity index (χ2v) is 6.81. The molecule has 1 aromatic heterocycles. The molecule has 0 spiro atoms. The third kappa shape index (κ3) is 3.90. The van der Waals surface area contributed by atoms with Crippen molar-refractivity contribution in [3.8, 4) is 0 Å². The van der Waals surface area contributed by atoms with Crippen LogP contribution in [0.4, 0.5) is 0 Å². The first kappa shape index (κ1) is 16.8. The highest BCUT2D eigenvalue weighted by molar-refractivity contribution is 5.84. The van der Waals surface area contributed by atoms with E-state index in [-0.39, 0.29) is 0 Å². The van der Waals surface area contributed by atoms with Gasteiger partial charge >= 0.3 is 0 Å². The molecular formula is C19H28N4O. The van der Waals surface area contributed by atoms with E-state index >= 15 is 0 Å². The minimum Gasteiger partial charge on any atom is -0.388 e. The number of aliphatic imine (C=N–C) groups is 1. The zero-order valence-corrected chi connectivity index (χ0v) is 14.7. The zero-order chi connectivity index (χ0) is 17.0. The summed E-state index contributed by atoms with van der Waals surface area (Å²) in [6, 6.07) is 6.51. The van der Waals surface area contributed by atoms with Crippen LogP contribution in [0.2, 0.25) is 0 Å². The van der Waals surface area contributed by atoms with Gasteiger partial charge in [-0.2, -0.15) is 0 Å². The molecule has 4 N–H and O–H groups in total. The predicted molar refractivity (Wildman–Crippen MR) is 99.5 cm³/mol. The fraction of sp³-hybridized carbons (Fsp3) is 0.526. The van der Waals surface area contributed by atoms with Crippen LogP contribution in [0.25, 0.3) is 10.9 Å². The number of aromatic nitrogens is 1. The lowest BCUT2D eigenvalue weighted by atomic mass is 9.80. The van der Waals surface area contributed by atoms with Gasteiger partial charge in [0.05, 0.1) is 12.1 Å². The number of aliphatic hydroxyl groups is 1. The molecule has 0 saturated heterocycles. The molecule has 3 rings (SSSR count). The van der Waals surface area contributed by atoms with E-state index < -0.39 is 5.60 Å². The van der Waals surface area contributed by atoms with Crippen molar-refractivity contribution in [1.29, 1.82) is 0 Å². The molecule has 130 valence electrons. The first-order valence-corrected chi connectivity index (χ1v) is 8.91. The highest BCUT2D eigenvalue weighted by Crippen LogP contribution is 2.31. The minimum atomic E-state index is -0.572. The molecule has 1 saturated carbocycles. The molecule has 0 unspecified atom stereocenters. The van der Waals surface area contributed by atoms with E-state index in [0.29, 0.717) is 6.54 Å². The number of H-pyrrole nitrogens is 1. The van der Waals surface area contributed by atoms with E-state index in [4.69, 9.17) is 0 Å². The predicted octanol–water partition coefficient (Wildman–Crippen LogP) is 2.49. The number of benzene rings is 1. The summed E-state index contributed by atoms with van der Waals surface area (Å²) in [4.78, 5) is 7.88. The molecule has 1 aromatic carbocycles. The molecule has 0 aliphatic heterocycles. The number of nitrogens with one attached hydrogen (secondary N) is 3. The summed E-state index contributed by atoms with van der Waals surface area (Å²) >= 11 is 0. The molecule has 0 radical (unpaired) electrons.